The van der Waals surface area contributed by atoms with Gasteiger partial charge in [0.25, 0.3) is 0 Å². The van der Waals surface area contributed by atoms with Crippen molar-refractivity contribution in [2.75, 3.05) is 19.7 Å². The SMILES string of the molecule is CCCCN(CCCC)C(C)CCOC(=O)c1ccccc1. The zero-order valence-corrected chi connectivity index (χ0v) is 14.4. The van der Waals surface area contributed by atoms with E-state index in [-0.39, 0.29) is 5.97 Å². The van der Waals surface area contributed by atoms with Crippen LogP contribution in [-0.2, 0) is 4.74 Å². The molecule has 0 fully saturated rings. The highest BCUT2D eigenvalue weighted by Gasteiger charge is 2.14. The fourth-order valence-corrected chi connectivity index (χ4v) is 2.44. The predicted molar refractivity (Wildman–Crippen MR) is 92.2 cm³/mol. The Hall–Kier alpha value is -1.35. The molecule has 0 spiro atoms. The Labute approximate surface area is 135 Å². The average molecular weight is 305 g/mol. The number of unbranched alkanes of at least 4 members (excludes halogenated alkanes) is 2. The zero-order valence-electron chi connectivity index (χ0n) is 14.4. The molecule has 0 heterocycles. The first-order chi connectivity index (χ1) is 10.7. The first-order valence-corrected chi connectivity index (χ1v) is 8.65. The second-order valence-corrected chi connectivity index (χ2v) is 5.88. The van der Waals surface area contributed by atoms with Crippen LogP contribution in [0.1, 0.15) is 63.2 Å². The van der Waals surface area contributed by atoms with Crippen LogP contribution in [0.15, 0.2) is 30.3 Å². The van der Waals surface area contributed by atoms with E-state index in [9.17, 15) is 4.79 Å². The van der Waals surface area contributed by atoms with Gasteiger partial charge in [-0.1, -0.05) is 44.9 Å². The number of esters is 1. The van der Waals surface area contributed by atoms with Gasteiger partial charge in [0.2, 0.25) is 0 Å². The minimum atomic E-state index is -0.221. The van der Waals surface area contributed by atoms with Crippen molar-refractivity contribution in [3.8, 4) is 0 Å². The van der Waals surface area contributed by atoms with E-state index in [1.165, 1.54) is 25.7 Å². The lowest BCUT2D eigenvalue weighted by Crippen LogP contribution is -2.35. The number of nitrogens with zero attached hydrogens (tertiary/aromatic N) is 1. The smallest absolute Gasteiger partial charge is 0.338 e. The number of rotatable bonds is 11. The molecule has 0 aliphatic heterocycles. The first kappa shape index (κ1) is 18.7. The van der Waals surface area contributed by atoms with Crippen molar-refractivity contribution in [2.24, 2.45) is 0 Å². The predicted octanol–water partition coefficient (Wildman–Crippen LogP) is 4.52. The van der Waals surface area contributed by atoms with Crippen molar-refractivity contribution in [3.05, 3.63) is 35.9 Å². The summed E-state index contributed by atoms with van der Waals surface area (Å²) in [5.41, 5.74) is 0.629. The maximum absolute atomic E-state index is 11.9. The second kappa shape index (κ2) is 11.2. The maximum atomic E-state index is 11.9. The number of ether oxygens (including phenoxy) is 1. The third-order valence-electron chi connectivity index (χ3n) is 4.00. The van der Waals surface area contributed by atoms with E-state index in [4.69, 9.17) is 4.74 Å². The lowest BCUT2D eigenvalue weighted by molar-refractivity contribution is 0.0462. The molecule has 0 radical (unpaired) electrons. The van der Waals surface area contributed by atoms with Crippen LogP contribution in [-0.4, -0.2) is 36.6 Å². The average Bonchev–Trinajstić information content (AvgIpc) is 2.55. The molecule has 1 aromatic carbocycles. The lowest BCUT2D eigenvalue weighted by atomic mass is 10.1. The van der Waals surface area contributed by atoms with E-state index in [0.29, 0.717) is 18.2 Å². The van der Waals surface area contributed by atoms with Crippen molar-refractivity contribution in [1.82, 2.24) is 4.90 Å². The minimum Gasteiger partial charge on any atom is -0.462 e. The van der Waals surface area contributed by atoms with Gasteiger partial charge in [-0.05, 0) is 51.4 Å². The van der Waals surface area contributed by atoms with Gasteiger partial charge in [0, 0.05) is 6.04 Å². The normalized spacial score (nSPS) is 12.4. The number of hydrogen-bond acceptors (Lipinski definition) is 3. The van der Waals surface area contributed by atoms with Gasteiger partial charge in [0.05, 0.1) is 12.2 Å². The molecule has 0 aliphatic carbocycles. The third-order valence-corrected chi connectivity index (χ3v) is 4.00. The van der Waals surface area contributed by atoms with Crippen molar-refractivity contribution in [1.29, 1.82) is 0 Å². The van der Waals surface area contributed by atoms with E-state index < -0.39 is 0 Å². The summed E-state index contributed by atoms with van der Waals surface area (Å²) < 4.78 is 5.39. The van der Waals surface area contributed by atoms with Crippen LogP contribution in [0.2, 0.25) is 0 Å². The summed E-state index contributed by atoms with van der Waals surface area (Å²) in [6.07, 6.45) is 5.80. The largest absolute Gasteiger partial charge is 0.462 e. The van der Waals surface area contributed by atoms with Crippen LogP contribution >= 0.6 is 0 Å². The van der Waals surface area contributed by atoms with Crippen molar-refractivity contribution < 1.29 is 9.53 Å². The van der Waals surface area contributed by atoms with Crippen LogP contribution in [0.4, 0.5) is 0 Å². The van der Waals surface area contributed by atoms with E-state index in [2.05, 4.69) is 25.7 Å². The summed E-state index contributed by atoms with van der Waals surface area (Å²) in [6.45, 7) is 9.47. The van der Waals surface area contributed by atoms with E-state index >= 15 is 0 Å². The van der Waals surface area contributed by atoms with Gasteiger partial charge >= 0.3 is 5.97 Å². The Morgan fingerprint density at radius 1 is 1.09 bits per heavy atom. The van der Waals surface area contributed by atoms with E-state index in [1.807, 2.05) is 18.2 Å². The van der Waals surface area contributed by atoms with Gasteiger partial charge in [-0.2, -0.15) is 0 Å². The van der Waals surface area contributed by atoms with E-state index in [1.54, 1.807) is 12.1 Å². The fraction of sp³-hybridized carbons (Fsp3) is 0.632. The summed E-state index contributed by atoms with van der Waals surface area (Å²) in [5, 5.41) is 0. The second-order valence-electron chi connectivity index (χ2n) is 5.88. The molecule has 1 unspecified atom stereocenters. The Bertz CT molecular complexity index is 397. The molecule has 0 aromatic heterocycles. The Kier molecular flexibility index (Phi) is 9.56. The quantitative estimate of drug-likeness (QED) is 0.563. The van der Waals surface area contributed by atoms with Crippen LogP contribution in [0.3, 0.4) is 0 Å². The highest BCUT2D eigenvalue weighted by molar-refractivity contribution is 5.89. The molecule has 0 bridgehead atoms. The molecule has 1 atom stereocenters. The van der Waals surface area contributed by atoms with Gasteiger partial charge in [-0.3, -0.25) is 0 Å². The van der Waals surface area contributed by atoms with Crippen molar-refractivity contribution in [2.45, 2.75) is 58.9 Å². The van der Waals surface area contributed by atoms with Gasteiger partial charge in [0.15, 0.2) is 0 Å². The molecule has 3 nitrogen and oxygen atoms in total. The van der Waals surface area contributed by atoms with Crippen molar-refractivity contribution >= 4 is 5.97 Å². The fourth-order valence-electron chi connectivity index (χ4n) is 2.44. The molecule has 0 amide bonds. The lowest BCUT2D eigenvalue weighted by Gasteiger charge is -2.29. The van der Waals surface area contributed by atoms with Gasteiger partial charge in [0.1, 0.15) is 0 Å². The Morgan fingerprint density at radius 3 is 2.23 bits per heavy atom. The molecule has 0 aliphatic rings. The van der Waals surface area contributed by atoms with Crippen molar-refractivity contribution in [3.63, 3.8) is 0 Å². The number of hydrogen-bond donors (Lipinski definition) is 0. The van der Waals surface area contributed by atoms with Gasteiger partial charge in [-0.25, -0.2) is 4.79 Å². The molecule has 0 saturated heterocycles. The molecule has 0 N–H and O–H groups in total. The molecule has 3 heteroatoms. The minimum absolute atomic E-state index is 0.221. The Morgan fingerprint density at radius 2 is 1.68 bits per heavy atom. The molecular weight excluding hydrogens is 274 g/mol. The summed E-state index contributed by atoms with van der Waals surface area (Å²) in [5.74, 6) is -0.221. The van der Waals surface area contributed by atoms with Crippen LogP contribution in [0.25, 0.3) is 0 Å². The van der Waals surface area contributed by atoms with Crippen LogP contribution in [0.5, 0.6) is 0 Å². The molecule has 0 saturated carbocycles. The summed E-state index contributed by atoms with van der Waals surface area (Å²) in [7, 11) is 0. The highest BCUT2D eigenvalue weighted by atomic mass is 16.5. The molecular formula is C19H31NO2. The zero-order chi connectivity index (χ0) is 16.2. The number of carbonyl (C=O) groups is 1. The first-order valence-electron chi connectivity index (χ1n) is 8.65. The molecule has 22 heavy (non-hydrogen) atoms. The maximum Gasteiger partial charge on any atom is 0.338 e. The summed E-state index contributed by atoms with van der Waals surface area (Å²) >= 11 is 0. The molecule has 124 valence electrons. The third kappa shape index (κ3) is 7.08. The Balaban J connectivity index is 2.35. The van der Waals surface area contributed by atoms with E-state index in [0.717, 1.165) is 19.5 Å². The molecule has 1 rings (SSSR count). The summed E-state index contributed by atoms with van der Waals surface area (Å²) in [4.78, 5) is 14.4. The monoisotopic (exact) mass is 305 g/mol. The summed E-state index contributed by atoms with van der Waals surface area (Å²) in [6, 6.07) is 9.66. The van der Waals surface area contributed by atoms with Crippen LogP contribution < -0.4 is 0 Å². The standard InChI is InChI=1S/C19H31NO2/c1-4-6-14-20(15-7-5-2)17(3)13-16-22-19(21)18-11-9-8-10-12-18/h8-12,17H,4-7,13-16H2,1-3H3. The van der Waals surface area contributed by atoms with Crippen LogP contribution in [0, 0.1) is 0 Å². The number of carbonyl (C=O) groups excluding carboxylic acids is 1. The highest BCUT2D eigenvalue weighted by Crippen LogP contribution is 2.09. The molecule has 1 aromatic rings. The van der Waals surface area contributed by atoms with Gasteiger partial charge in [-0.15, -0.1) is 0 Å². The van der Waals surface area contributed by atoms with Gasteiger partial charge < -0.3 is 9.64 Å². The topological polar surface area (TPSA) is 29.5 Å². The number of benzene rings is 1.